The zero-order chi connectivity index (χ0) is 25.0. The van der Waals surface area contributed by atoms with Crippen molar-refractivity contribution in [3.63, 3.8) is 0 Å². The summed E-state index contributed by atoms with van der Waals surface area (Å²) in [7, 11) is -2.13. The van der Waals surface area contributed by atoms with E-state index in [1.807, 2.05) is 18.2 Å². The van der Waals surface area contributed by atoms with Crippen LogP contribution in [0.3, 0.4) is 0 Å². The number of aliphatic hydroxyl groups excluding tert-OH is 1. The van der Waals surface area contributed by atoms with Gasteiger partial charge in [-0.2, -0.15) is 0 Å². The summed E-state index contributed by atoms with van der Waals surface area (Å²) < 4.78 is 25.5. The van der Waals surface area contributed by atoms with Gasteiger partial charge in [0, 0.05) is 37.4 Å². The third-order valence-corrected chi connectivity index (χ3v) is 8.64. The number of aromatic nitrogens is 1. The smallest absolute Gasteiger partial charge is 0.251 e. The number of benzene rings is 1. The van der Waals surface area contributed by atoms with E-state index in [2.05, 4.69) is 32.7 Å². The van der Waals surface area contributed by atoms with Gasteiger partial charge in [0.05, 0.1) is 18.9 Å². The van der Waals surface area contributed by atoms with Crippen LogP contribution in [0.2, 0.25) is 0 Å². The van der Waals surface area contributed by atoms with E-state index < -0.39 is 16.1 Å². The number of thioether (sulfide) groups is 1. The number of amides is 1. The molecule has 1 unspecified atom stereocenters. The lowest BCUT2D eigenvalue weighted by Crippen LogP contribution is -2.38. The molecular weight excluding hydrogens is 484 g/mol. The van der Waals surface area contributed by atoms with E-state index in [9.17, 15) is 18.3 Å². The number of nitrogens with zero attached hydrogens (tertiary/aromatic N) is 3. The molecule has 0 bridgehead atoms. The minimum atomic E-state index is -3.56. The van der Waals surface area contributed by atoms with Gasteiger partial charge >= 0.3 is 0 Å². The van der Waals surface area contributed by atoms with Gasteiger partial charge in [0.2, 0.25) is 10.0 Å². The third-order valence-electron chi connectivity index (χ3n) is 6.52. The third kappa shape index (κ3) is 6.36. The molecule has 2 atom stereocenters. The predicted octanol–water partition coefficient (Wildman–Crippen LogP) is 2.97. The molecule has 188 valence electrons. The van der Waals surface area contributed by atoms with Gasteiger partial charge in [-0.25, -0.2) is 13.4 Å². The molecule has 2 aliphatic rings. The number of carbonyl (C=O) groups excluding carboxylic acids is 1. The number of hydrogen-bond donors (Lipinski definition) is 2. The van der Waals surface area contributed by atoms with Crippen molar-refractivity contribution in [2.24, 2.45) is 0 Å². The topological polar surface area (TPSA) is 103 Å². The Morgan fingerprint density at radius 1 is 1.31 bits per heavy atom. The Morgan fingerprint density at radius 2 is 2.09 bits per heavy atom. The van der Waals surface area contributed by atoms with Crippen molar-refractivity contribution in [3.05, 3.63) is 64.6 Å². The van der Waals surface area contributed by atoms with Crippen LogP contribution in [0.4, 0.5) is 11.6 Å². The van der Waals surface area contributed by atoms with Crippen LogP contribution in [0.5, 0.6) is 0 Å². The lowest BCUT2D eigenvalue weighted by atomic mass is 9.99. The van der Waals surface area contributed by atoms with E-state index in [1.165, 1.54) is 24.3 Å². The van der Waals surface area contributed by atoms with Crippen molar-refractivity contribution in [2.45, 2.75) is 31.2 Å². The summed E-state index contributed by atoms with van der Waals surface area (Å²) in [5.74, 6) is 1.76. The molecule has 2 N–H and O–H groups in total. The van der Waals surface area contributed by atoms with Crippen LogP contribution in [0.25, 0.3) is 0 Å². The Morgan fingerprint density at radius 3 is 2.74 bits per heavy atom. The fraction of sp³-hybridized carbons (Fsp3) is 0.440. The summed E-state index contributed by atoms with van der Waals surface area (Å²) in [6, 6.07) is 13.1. The Labute approximate surface area is 211 Å². The number of pyridine rings is 1. The monoisotopic (exact) mass is 516 g/mol. The summed E-state index contributed by atoms with van der Waals surface area (Å²) in [5, 5.41) is 14.8. The first kappa shape index (κ1) is 25.5. The molecule has 2 aromatic rings. The zero-order valence-electron chi connectivity index (χ0n) is 20.1. The van der Waals surface area contributed by atoms with Crippen molar-refractivity contribution in [3.8, 4) is 0 Å². The highest BCUT2D eigenvalue weighted by atomic mass is 32.2. The van der Waals surface area contributed by atoms with Crippen LogP contribution >= 0.6 is 11.8 Å². The number of aliphatic hydroxyl groups is 1. The molecule has 35 heavy (non-hydrogen) atoms. The van der Waals surface area contributed by atoms with Crippen molar-refractivity contribution in [1.82, 2.24) is 10.3 Å². The van der Waals surface area contributed by atoms with Gasteiger partial charge in [-0.1, -0.05) is 35.9 Å². The Kier molecular flexibility index (Phi) is 8.03. The van der Waals surface area contributed by atoms with Gasteiger partial charge in [-0.15, -0.1) is 11.8 Å². The lowest BCUT2D eigenvalue weighted by Gasteiger charge is -2.23. The maximum Gasteiger partial charge on any atom is 0.251 e. The van der Waals surface area contributed by atoms with Gasteiger partial charge < -0.3 is 15.3 Å². The quantitative estimate of drug-likeness (QED) is 0.528. The first-order valence-electron chi connectivity index (χ1n) is 11.7. The van der Waals surface area contributed by atoms with Crippen LogP contribution in [0.15, 0.2) is 53.4 Å². The second kappa shape index (κ2) is 11.0. The van der Waals surface area contributed by atoms with E-state index in [4.69, 9.17) is 0 Å². The number of nitrogens with one attached hydrogen (secondary N) is 1. The second-order valence-corrected chi connectivity index (χ2v) is 12.1. The fourth-order valence-electron chi connectivity index (χ4n) is 4.41. The van der Waals surface area contributed by atoms with Gasteiger partial charge in [0.1, 0.15) is 11.6 Å². The highest BCUT2D eigenvalue weighted by Crippen LogP contribution is 2.32. The Bertz CT molecular complexity index is 1190. The number of rotatable bonds is 9. The summed E-state index contributed by atoms with van der Waals surface area (Å²) >= 11 is 1.74. The molecule has 1 saturated heterocycles. The van der Waals surface area contributed by atoms with Gasteiger partial charge in [-0.3, -0.25) is 9.10 Å². The summed E-state index contributed by atoms with van der Waals surface area (Å²) in [6.07, 6.45) is 3.60. The highest BCUT2D eigenvalue weighted by molar-refractivity contribution is 8.02. The van der Waals surface area contributed by atoms with Crippen molar-refractivity contribution in [1.29, 1.82) is 0 Å². The molecule has 2 aliphatic heterocycles. The van der Waals surface area contributed by atoms with Crippen LogP contribution in [0, 0.1) is 0 Å². The first-order valence-corrected chi connectivity index (χ1v) is 14.6. The van der Waals surface area contributed by atoms with Crippen LogP contribution in [0.1, 0.15) is 41.1 Å². The minimum absolute atomic E-state index is 0.174. The molecule has 1 aromatic carbocycles. The van der Waals surface area contributed by atoms with Gasteiger partial charge in [0.15, 0.2) is 0 Å². The van der Waals surface area contributed by atoms with Crippen LogP contribution in [-0.2, 0) is 10.0 Å². The van der Waals surface area contributed by atoms with E-state index in [0.29, 0.717) is 23.7 Å². The van der Waals surface area contributed by atoms with E-state index in [1.54, 1.807) is 17.8 Å². The molecule has 3 heterocycles. The van der Waals surface area contributed by atoms with Crippen molar-refractivity contribution in [2.75, 3.05) is 48.0 Å². The van der Waals surface area contributed by atoms with E-state index in [-0.39, 0.29) is 18.3 Å². The molecular formula is C25H32N4O4S2. The largest absolute Gasteiger partial charge is 0.394 e. The maximum absolute atomic E-state index is 13.2. The lowest BCUT2D eigenvalue weighted by molar-refractivity contribution is 0.0916. The molecule has 8 nitrogen and oxygen atoms in total. The summed E-state index contributed by atoms with van der Waals surface area (Å²) in [4.78, 5) is 19.9. The Hall–Kier alpha value is -2.56. The average molecular weight is 517 g/mol. The molecule has 0 aliphatic carbocycles. The number of anilines is 2. The molecule has 0 radical (unpaired) electrons. The van der Waals surface area contributed by atoms with Crippen molar-refractivity contribution < 1.29 is 18.3 Å². The standard InChI is InChI=1S/C25H32N4O4S2/c1-28(35(2,32)33)23-13-21(25(31)26-22(16-30)12-18-9-11-34-17-18)14-24(27-23)29-10-8-20(15-29)19-6-4-3-5-7-19/h3-7,13-14,17,20,22,30H,8-12,15-16H2,1-2H3,(H,26,31)/t20?,22-/m0/s1. The van der Waals surface area contributed by atoms with Gasteiger partial charge in [0.25, 0.3) is 5.91 Å². The number of hydrogen-bond acceptors (Lipinski definition) is 7. The normalized spacial score (nSPS) is 18.9. The van der Waals surface area contributed by atoms with Crippen LogP contribution in [-0.4, -0.2) is 69.2 Å². The number of sulfonamides is 1. The van der Waals surface area contributed by atoms with E-state index in [0.717, 1.165) is 42.2 Å². The molecule has 4 rings (SSSR count). The van der Waals surface area contributed by atoms with Crippen molar-refractivity contribution >= 4 is 39.3 Å². The molecule has 1 fully saturated rings. The molecule has 0 spiro atoms. The van der Waals surface area contributed by atoms with Gasteiger partial charge in [-0.05, 0) is 42.4 Å². The first-order chi connectivity index (χ1) is 16.7. The molecule has 10 heteroatoms. The number of carbonyl (C=O) groups is 1. The Balaban J connectivity index is 1.59. The second-order valence-electron chi connectivity index (χ2n) is 9.10. The van der Waals surface area contributed by atoms with Crippen LogP contribution < -0.4 is 14.5 Å². The van der Waals surface area contributed by atoms with E-state index >= 15 is 0 Å². The zero-order valence-corrected chi connectivity index (χ0v) is 21.7. The SMILES string of the molecule is CN(c1cc(C(=O)N[C@H](CO)CC2=CSCC2)cc(N2CCC(c3ccccc3)C2)n1)S(C)(=O)=O. The summed E-state index contributed by atoms with van der Waals surface area (Å²) in [5.41, 5.74) is 2.78. The average Bonchev–Trinajstić information content (AvgIpc) is 3.55. The molecule has 0 saturated carbocycles. The predicted molar refractivity (Wildman–Crippen MR) is 142 cm³/mol. The molecule has 1 aromatic heterocycles. The maximum atomic E-state index is 13.2. The highest BCUT2D eigenvalue weighted by Gasteiger charge is 2.27. The molecule has 1 amide bonds. The fourth-order valence-corrected chi connectivity index (χ4v) is 5.80. The summed E-state index contributed by atoms with van der Waals surface area (Å²) in [6.45, 7) is 1.31. The minimum Gasteiger partial charge on any atom is -0.394 e.